The van der Waals surface area contributed by atoms with E-state index >= 15 is 0 Å². The van der Waals surface area contributed by atoms with Crippen LogP contribution in [0.5, 0.6) is 0 Å². The van der Waals surface area contributed by atoms with Crippen LogP contribution in [-0.4, -0.2) is 321 Å². The van der Waals surface area contributed by atoms with Crippen molar-refractivity contribution >= 4 is 53.2 Å². The first-order valence-electron chi connectivity index (χ1n) is 31.9. The summed E-state index contributed by atoms with van der Waals surface area (Å²) in [5.41, 5.74) is -1.06. The highest BCUT2D eigenvalue weighted by atomic mass is 16.7. The molecule has 3 heterocycles. The molecule has 0 bridgehead atoms. The van der Waals surface area contributed by atoms with Gasteiger partial charge in [-0.15, -0.1) is 0 Å². The lowest BCUT2D eigenvalue weighted by molar-refractivity contribution is -0.270. The molecule has 37 nitrogen and oxygen atoms in total. The van der Waals surface area contributed by atoms with E-state index in [1.807, 2.05) is 13.8 Å². The van der Waals surface area contributed by atoms with Gasteiger partial charge in [-0.1, -0.05) is 13.8 Å². The van der Waals surface area contributed by atoms with Gasteiger partial charge in [0.1, 0.15) is 73.1 Å². The second kappa shape index (κ2) is 45.9. The molecule has 3 fully saturated rings. The number of carbonyl (C=O) groups excluding carboxylic acids is 9. The molecule has 3 aliphatic heterocycles. The molecule has 19 N–H and O–H groups in total. The maximum Gasteiger partial charge on any atom is 0.222 e. The van der Waals surface area contributed by atoms with Gasteiger partial charge in [-0.2, -0.15) is 0 Å². The Morgan fingerprint density at radius 1 is 0.379 bits per heavy atom. The van der Waals surface area contributed by atoms with Crippen molar-refractivity contribution in [2.75, 3.05) is 119 Å². The lowest BCUT2D eigenvalue weighted by Gasteiger charge is -2.42. The van der Waals surface area contributed by atoms with E-state index in [0.29, 0.717) is 19.3 Å². The van der Waals surface area contributed by atoms with Gasteiger partial charge in [-0.05, 0) is 19.3 Å². The zero-order valence-electron chi connectivity index (χ0n) is 54.7. The maximum atomic E-state index is 12.8. The first-order chi connectivity index (χ1) is 45.2. The Morgan fingerprint density at radius 2 is 0.611 bits per heavy atom. The number of aliphatic hydroxyl groups is 9. The third-order valence-corrected chi connectivity index (χ3v) is 14.7. The standard InChI is InChI=1S/C58H104N10O27/c1-33(2)68-58(30-87-21-9-40(75)59-15-6-18-62-43(78)12-24-90-55-46(65-34(3)72)52(84)49(81)37(27-69)93-55,31-88-22-10-41(76)60-16-7-19-63-44(79)13-25-91-56-47(66-35(4)73)53(85)50(82)38(28-70)94-56)32-89-23-11-42(77)61-17-8-20-64-45(80)14-26-92-57-48(67-36(5)74)54(86)51(83)39(29-71)95-57/h33,37-39,46-57,68-71,81-86H,6-32H2,1-5H3,(H,59,75)(H,60,76)(H,61,77)(H,62,78)(H,63,79)(H,64,80)(H,65,72)(H,66,73)(H,67,74)/t37?,38?,39?,46?,47?,48?,49-,50-,51-,52?,53?,54?,55+,56+,57+,58?/m0/s1. The Bertz CT molecular complexity index is 2090. The van der Waals surface area contributed by atoms with E-state index in [1.54, 1.807) is 0 Å². The number of nitrogens with one attached hydrogen (secondary N) is 10. The van der Waals surface area contributed by atoms with Gasteiger partial charge in [0, 0.05) is 85.3 Å². The molecule has 0 radical (unpaired) electrons. The normalized spacial score (nSPS) is 26.5. The molecule has 95 heavy (non-hydrogen) atoms. The van der Waals surface area contributed by atoms with E-state index in [-0.39, 0.29) is 161 Å². The minimum Gasteiger partial charge on any atom is -0.394 e. The van der Waals surface area contributed by atoms with Gasteiger partial charge in [0.15, 0.2) is 18.9 Å². The molecular formula is C58H104N10O27. The zero-order chi connectivity index (χ0) is 70.5. The van der Waals surface area contributed by atoms with Crippen LogP contribution in [0.15, 0.2) is 0 Å². The minimum atomic E-state index is -1.51. The lowest BCUT2D eigenvalue weighted by Crippen LogP contribution is -2.64. The maximum absolute atomic E-state index is 12.8. The smallest absolute Gasteiger partial charge is 0.222 e. The molecule has 9 unspecified atom stereocenters. The summed E-state index contributed by atoms with van der Waals surface area (Å²) in [7, 11) is 0. The predicted octanol–water partition coefficient (Wildman–Crippen LogP) is -9.14. The van der Waals surface area contributed by atoms with Crippen LogP contribution < -0.4 is 53.2 Å². The number of carbonyl (C=O) groups is 9. The van der Waals surface area contributed by atoms with E-state index in [2.05, 4.69) is 53.2 Å². The Balaban J connectivity index is 1.44. The Kier molecular flexibility index (Phi) is 40.4. The third kappa shape index (κ3) is 32.1. The van der Waals surface area contributed by atoms with Gasteiger partial charge in [-0.25, -0.2) is 0 Å². The van der Waals surface area contributed by atoms with Crippen LogP contribution in [0.1, 0.15) is 92.4 Å². The minimum absolute atomic E-state index is 0.0311. The topological polar surface area (TPSA) is 539 Å². The van der Waals surface area contributed by atoms with Crippen LogP contribution in [0.4, 0.5) is 0 Å². The fraction of sp³-hybridized carbons (Fsp3) is 0.845. The quantitative estimate of drug-likeness (QED) is 0.0252. The number of hydrogen-bond donors (Lipinski definition) is 19. The second-order valence-electron chi connectivity index (χ2n) is 23.3. The van der Waals surface area contributed by atoms with E-state index in [1.165, 1.54) is 20.8 Å². The average molecular weight is 1370 g/mol. The molecule has 3 saturated heterocycles. The van der Waals surface area contributed by atoms with Crippen LogP contribution in [0, 0.1) is 0 Å². The Morgan fingerprint density at radius 3 is 0.821 bits per heavy atom. The molecule has 0 aliphatic carbocycles. The number of ether oxygens (including phenoxy) is 9. The fourth-order valence-corrected chi connectivity index (χ4v) is 9.96. The summed E-state index contributed by atoms with van der Waals surface area (Å²) in [6.45, 7) is 5.90. The van der Waals surface area contributed by atoms with Crippen molar-refractivity contribution in [1.29, 1.82) is 0 Å². The van der Waals surface area contributed by atoms with Crippen molar-refractivity contribution in [2.45, 2.75) is 196 Å². The molecule has 0 aromatic rings. The summed E-state index contributed by atoms with van der Waals surface area (Å²) in [4.78, 5) is 111. The molecule has 9 amide bonds. The summed E-state index contributed by atoms with van der Waals surface area (Å²) in [5, 5.41) is 118. The molecule has 0 aromatic heterocycles. The van der Waals surface area contributed by atoms with E-state index in [9.17, 15) is 89.1 Å². The Labute approximate surface area is 551 Å². The molecule has 0 aromatic carbocycles. The number of hydrogen-bond acceptors (Lipinski definition) is 28. The summed E-state index contributed by atoms with van der Waals surface area (Å²) in [5.74, 6) is -3.82. The van der Waals surface area contributed by atoms with Crippen LogP contribution >= 0.6 is 0 Å². The van der Waals surface area contributed by atoms with Gasteiger partial charge >= 0.3 is 0 Å². The van der Waals surface area contributed by atoms with Crippen molar-refractivity contribution in [1.82, 2.24) is 53.2 Å². The molecule has 3 aliphatic rings. The van der Waals surface area contributed by atoms with Crippen LogP contribution in [0.3, 0.4) is 0 Å². The summed E-state index contributed by atoms with van der Waals surface area (Å²) >= 11 is 0. The van der Waals surface area contributed by atoms with Crippen LogP contribution in [-0.2, 0) is 85.8 Å². The largest absolute Gasteiger partial charge is 0.394 e. The highest BCUT2D eigenvalue weighted by molar-refractivity contribution is 5.78. The second-order valence-corrected chi connectivity index (χ2v) is 23.3. The summed E-state index contributed by atoms with van der Waals surface area (Å²) < 4.78 is 51.3. The highest BCUT2D eigenvalue weighted by Gasteiger charge is 2.48. The first-order valence-corrected chi connectivity index (χ1v) is 31.9. The van der Waals surface area contributed by atoms with Crippen molar-refractivity contribution in [3.8, 4) is 0 Å². The molecule has 548 valence electrons. The predicted molar refractivity (Wildman–Crippen MR) is 327 cm³/mol. The molecule has 0 spiro atoms. The number of rotatable bonds is 47. The average Bonchev–Trinajstić information content (AvgIpc) is 0.971. The Hall–Kier alpha value is -5.53. The highest BCUT2D eigenvalue weighted by Crippen LogP contribution is 2.25. The summed E-state index contributed by atoms with van der Waals surface area (Å²) in [6.07, 6.45) is -15.8. The molecular weight excluding hydrogens is 1270 g/mol. The first kappa shape index (κ1) is 83.7. The van der Waals surface area contributed by atoms with Crippen molar-refractivity contribution in [2.24, 2.45) is 0 Å². The third-order valence-electron chi connectivity index (χ3n) is 14.7. The number of aliphatic hydroxyl groups excluding tert-OH is 9. The molecule has 3 rings (SSSR count). The monoisotopic (exact) mass is 1370 g/mol. The van der Waals surface area contributed by atoms with Gasteiger partial charge in [-0.3, -0.25) is 43.2 Å². The molecule has 0 saturated carbocycles. The SMILES string of the molecule is CC(=O)NC1C(O)[C@@H](O)C(CO)O[C@H]1OCCC(=O)NCCCNC(=O)CCOCC(COCCC(=O)NCCCNC(=O)CCO[C@@H]1OC(CO)[C@H](O)C(O)C1NC(C)=O)(COCCC(=O)NCCCNC(=O)CCO[C@@H]1OC(CO)[C@H](O)C(O)C1NC(C)=O)NC(C)C. The van der Waals surface area contributed by atoms with Crippen molar-refractivity contribution < 1.29 is 132 Å². The lowest BCUT2D eigenvalue weighted by atomic mass is 9.97. The molecule has 37 heteroatoms. The fourth-order valence-electron chi connectivity index (χ4n) is 9.96. The van der Waals surface area contributed by atoms with Gasteiger partial charge in [0.2, 0.25) is 53.2 Å². The number of amides is 9. The van der Waals surface area contributed by atoms with Gasteiger partial charge in [0.05, 0.1) is 104 Å². The van der Waals surface area contributed by atoms with Crippen LogP contribution in [0.25, 0.3) is 0 Å². The van der Waals surface area contributed by atoms with Gasteiger partial charge < -0.3 is 142 Å². The molecule has 15 atom stereocenters. The van der Waals surface area contributed by atoms with Crippen molar-refractivity contribution in [3.63, 3.8) is 0 Å². The van der Waals surface area contributed by atoms with E-state index in [4.69, 9.17) is 42.6 Å². The zero-order valence-corrected chi connectivity index (χ0v) is 54.7. The summed E-state index contributed by atoms with van der Waals surface area (Å²) in [6, 6.07) is -3.65. The van der Waals surface area contributed by atoms with Crippen LogP contribution in [0.2, 0.25) is 0 Å². The van der Waals surface area contributed by atoms with Gasteiger partial charge in [0.25, 0.3) is 0 Å². The van der Waals surface area contributed by atoms with E-state index < -0.39 is 153 Å². The van der Waals surface area contributed by atoms with Crippen molar-refractivity contribution in [3.05, 3.63) is 0 Å². The van der Waals surface area contributed by atoms with E-state index in [0.717, 1.165) is 0 Å².